The molecule has 1 N–H and O–H groups in total. The predicted octanol–water partition coefficient (Wildman–Crippen LogP) is 2.11. The van der Waals surface area contributed by atoms with Crippen LogP contribution < -0.4 is 5.32 Å². The molecule has 2 aliphatic rings. The van der Waals surface area contributed by atoms with Gasteiger partial charge < -0.3 is 9.88 Å². The molecule has 1 unspecified atom stereocenters. The number of aromatic nitrogens is 2. The molecule has 15 heavy (non-hydrogen) atoms. The number of hydrogen-bond donors (Lipinski definition) is 1. The summed E-state index contributed by atoms with van der Waals surface area (Å²) in [5.41, 5.74) is 1.40. The highest BCUT2D eigenvalue weighted by molar-refractivity contribution is 5.07. The molecule has 0 spiro atoms. The lowest BCUT2D eigenvalue weighted by molar-refractivity contribution is 0.272. The fourth-order valence-corrected chi connectivity index (χ4v) is 2.66. The lowest BCUT2D eigenvalue weighted by Gasteiger charge is -2.27. The molecule has 0 amide bonds. The molecule has 1 saturated carbocycles. The Hall–Kier alpha value is -0.830. The zero-order valence-corrected chi connectivity index (χ0v) is 9.15. The Labute approximate surface area is 90.9 Å². The van der Waals surface area contributed by atoms with Crippen molar-refractivity contribution >= 4 is 0 Å². The lowest BCUT2D eigenvalue weighted by Crippen LogP contribution is -2.22. The monoisotopic (exact) mass is 205 g/mol. The van der Waals surface area contributed by atoms with Gasteiger partial charge in [-0.3, -0.25) is 0 Å². The van der Waals surface area contributed by atoms with Gasteiger partial charge in [-0.15, -0.1) is 0 Å². The van der Waals surface area contributed by atoms with Gasteiger partial charge in [-0.25, -0.2) is 4.98 Å². The number of hydrogen-bond acceptors (Lipinski definition) is 2. The molecule has 1 atom stereocenters. The van der Waals surface area contributed by atoms with Crippen LogP contribution in [0, 0.1) is 5.92 Å². The molecule has 0 bridgehead atoms. The molecule has 0 aromatic carbocycles. The van der Waals surface area contributed by atoms with Crippen molar-refractivity contribution < 1.29 is 0 Å². The predicted molar refractivity (Wildman–Crippen MR) is 59.5 cm³/mol. The molecule has 2 heterocycles. The van der Waals surface area contributed by atoms with E-state index in [9.17, 15) is 0 Å². The first-order valence-electron chi connectivity index (χ1n) is 6.17. The van der Waals surface area contributed by atoms with Crippen LogP contribution in [0.25, 0.3) is 0 Å². The van der Waals surface area contributed by atoms with E-state index < -0.39 is 0 Å². The molecule has 3 nitrogen and oxygen atoms in total. The second-order valence-electron chi connectivity index (χ2n) is 4.92. The van der Waals surface area contributed by atoms with Crippen molar-refractivity contribution in [2.45, 2.75) is 44.7 Å². The minimum atomic E-state index is 0.563. The Morgan fingerprint density at radius 1 is 1.33 bits per heavy atom. The Kier molecular flexibility index (Phi) is 2.49. The van der Waals surface area contributed by atoms with E-state index in [-0.39, 0.29) is 0 Å². The summed E-state index contributed by atoms with van der Waals surface area (Å²) in [4.78, 5) is 4.30. The molecule has 82 valence electrons. The maximum atomic E-state index is 4.30. The first-order valence-corrected chi connectivity index (χ1v) is 6.17. The average molecular weight is 205 g/mol. The highest BCUT2D eigenvalue weighted by Gasteiger charge is 2.23. The van der Waals surface area contributed by atoms with Crippen molar-refractivity contribution in [3.05, 3.63) is 18.2 Å². The van der Waals surface area contributed by atoms with Crippen LogP contribution in [0.15, 0.2) is 12.5 Å². The van der Waals surface area contributed by atoms with Gasteiger partial charge in [0.25, 0.3) is 0 Å². The summed E-state index contributed by atoms with van der Waals surface area (Å²) in [7, 11) is 0. The highest BCUT2D eigenvalue weighted by Crippen LogP contribution is 2.30. The maximum Gasteiger partial charge on any atom is 0.0948 e. The van der Waals surface area contributed by atoms with Crippen LogP contribution in [-0.4, -0.2) is 16.1 Å². The van der Waals surface area contributed by atoms with Gasteiger partial charge in [0.1, 0.15) is 0 Å². The molecule has 3 rings (SSSR count). The van der Waals surface area contributed by atoms with Gasteiger partial charge in [0.05, 0.1) is 12.0 Å². The number of nitrogens with one attached hydrogen (secondary N) is 1. The summed E-state index contributed by atoms with van der Waals surface area (Å²) < 4.78 is 2.37. The van der Waals surface area contributed by atoms with Gasteiger partial charge in [-0.2, -0.15) is 0 Å². The number of nitrogens with zero attached hydrogens (tertiary/aromatic N) is 2. The van der Waals surface area contributed by atoms with Crippen molar-refractivity contribution in [1.82, 2.24) is 14.9 Å². The van der Waals surface area contributed by atoms with Gasteiger partial charge in [0, 0.05) is 18.8 Å². The number of rotatable bonds is 3. The SMILES string of the molecule is c1ncn(CC2CCC2)c1C1CCCN1. The van der Waals surface area contributed by atoms with Crippen molar-refractivity contribution in [3.8, 4) is 0 Å². The minimum Gasteiger partial charge on any atom is -0.333 e. The van der Waals surface area contributed by atoms with Gasteiger partial charge >= 0.3 is 0 Å². The second kappa shape index (κ2) is 3.97. The molecule has 1 aliphatic carbocycles. The van der Waals surface area contributed by atoms with Gasteiger partial charge in [-0.1, -0.05) is 6.42 Å². The van der Waals surface area contributed by atoms with Crippen molar-refractivity contribution in [2.24, 2.45) is 5.92 Å². The van der Waals surface area contributed by atoms with E-state index in [2.05, 4.69) is 14.9 Å². The van der Waals surface area contributed by atoms with Crippen molar-refractivity contribution in [3.63, 3.8) is 0 Å². The molecular formula is C12H19N3. The molecule has 1 aromatic heterocycles. The van der Waals surface area contributed by atoms with E-state index in [4.69, 9.17) is 0 Å². The Morgan fingerprint density at radius 3 is 2.93 bits per heavy atom. The Bertz CT molecular complexity index is 321. The smallest absolute Gasteiger partial charge is 0.0948 e. The first kappa shape index (κ1) is 9.40. The third-order valence-electron chi connectivity index (χ3n) is 3.84. The van der Waals surface area contributed by atoms with E-state index in [1.54, 1.807) is 0 Å². The molecule has 1 aliphatic heterocycles. The zero-order chi connectivity index (χ0) is 10.1. The molecular weight excluding hydrogens is 186 g/mol. The fraction of sp³-hybridized carbons (Fsp3) is 0.750. The van der Waals surface area contributed by atoms with Crippen LogP contribution in [0.2, 0.25) is 0 Å². The summed E-state index contributed by atoms with van der Waals surface area (Å²) in [6.07, 6.45) is 10.9. The average Bonchev–Trinajstić information content (AvgIpc) is 2.81. The van der Waals surface area contributed by atoms with E-state index >= 15 is 0 Å². The van der Waals surface area contributed by atoms with E-state index in [0.29, 0.717) is 6.04 Å². The van der Waals surface area contributed by atoms with Crippen LogP contribution in [-0.2, 0) is 6.54 Å². The largest absolute Gasteiger partial charge is 0.333 e. The zero-order valence-electron chi connectivity index (χ0n) is 9.15. The fourth-order valence-electron chi connectivity index (χ4n) is 2.66. The summed E-state index contributed by atoms with van der Waals surface area (Å²) in [5.74, 6) is 0.916. The van der Waals surface area contributed by atoms with E-state index in [1.165, 1.54) is 50.9 Å². The lowest BCUT2D eigenvalue weighted by atomic mass is 9.85. The minimum absolute atomic E-state index is 0.563. The van der Waals surface area contributed by atoms with Gasteiger partial charge in [-0.05, 0) is 38.1 Å². The summed E-state index contributed by atoms with van der Waals surface area (Å²) >= 11 is 0. The first-order chi connectivity index (χ1) is 7.43. The standard InChI is InChI=1S/C12H19N3/c1-3-10(4-1)8-15-9-13-7-12(15)11-5-2-6-14-11/h7,9-11,14H,1-6,8H2. The van der Waals surface area contributed by atoms with E-state index in [1.807, 2.05) is 12.5 Å². The van der Waals surface area contributed by atoms with Crippen LogP contribution in [0.5, 0.6) is 0 Å². The van der Waals surface area contributed by atoms with Gasteiger partial charge in [0.15, 0.2) is 0 Å². The molecule has 2 fully saturated rings. The van der Waals surface area contributed by atoms with E-state index in [0.717, 1.165) is 5.92 Å². The van der Waals surface area contributed by atoms with Crippen molar-refractivity contribution in [1.29, 1.82) is 0 Å². The summed E-state index contributed by atoms with van der Waals surface area (Å²) in [5, 5.41) is 3.55. The highest BCUT2D eigenvalue weighted by atomic mass is 15.1. The third kappa shape index (κ3) is 1.81. The second-order valence-corrected chi connectivity index (χ2v) is 4.92. The Morgan fingerprint density at radius 2 is 2.27 bits per heavy atom. The molecule has 1 aromatic rings. The normalized spacial score (nSPS) is 26.8. The van der Waals surface area contributed by atoms with Crippen LogP contribution in [0.1, 0.15) is 43.8 Å². The quantitative estimate of drug-likeness (QED) is 0.819. The molecule has 1 saturated heterocycles. The third-order valence-corrected chi connectivity index (χ3v) is 3.84. The van der Waals surface area contributed by atoms with Crippen LogP contribution in [0.4, 0.5) is 0 Å². The van der Waals surface area contributed by atoms with Gasteiger partial charge in [0.2, 0.25) is 0 Å². The Balaban J connectivity index is 1.72. The topological polar surface area (TPSA) is 29.9 Å². The molecule has 3 heteroatoms. The molecule has 0 radical (unpaired) electrons. The summed E-state index contributed by atoms with van der Waals surface area (Å²) in [6, 6.07) is 0.563. The number of imidazole rings is 1. The van der Waals surface area contributed by atoms with Crippen LogP contribution in [0.3, 0.4) is 0 Å². The summed E-state index contributed by atoms with van der Waals surface area (Å²) in [6.45, 7) is 2.35. The maximum absolute atomic E-state index is 4.30. The van der Waals surface area contributed by atoms with Crippen LogP contribution >= 0.6 is 0 Å². The van der Waals surface area contributed by atoms with Crippen molar-refractivity contribution in [2.75, 3.05) is 6.54 Å².